The van der Waals surface area contributed by atoms with Crippen LogP contribution in [0.5, 0.6) is 0 Å². The van der Waals surface area contributed by atoms with Gasteiger partial charge in [0, 0.05) is 16.3 Å². The Morgan fingerprint density at radius 3 is 1.64 bits per heavy atom. The molecule has 0 atom stereocenters. The third kappa shape index (κ3) is 4.11. The van der Waals surface area contributed by atoms with Gasteiger partial charge in [-0.2, -0.15) is 0 Å². The molecular formula is C47H28N2S. The highest BCUT2D eigenvalue weighted by Gasteiger charge is 2.19. The van der Waals surface area contributed by atoms with Crippen molar-refractivity contribution in [3.8, 4) is 33.4 Å². The summed E-state index contributed by atoms with van der Waals surface area (Å²) in [6.45, 7) is 0. The summed E-state index contributed by atoms with van der Waals surface area (Å²) in [7, 11) is 0. The number of thiophene rings is 1. The van der Waals surface area contributed by atoms with Crippen molar-refractivity contribution >= 4 is 80.5 Å². The first-order valence-electron chi connectivity index (χ1n) is 17.0. The van der Waals surface area contributed by atoms with Gasteiger partial charge >= 0.3 is 0 Å². The van der Waals surface area contributed by atoms with E-state index < -0.39 is 0 Å². The van der Waals surface area contributed by atoms with E-state index in [0.29, 0.717) is 0 Å². The second-order valence-corrected chi connectivity index (χ2v) is 14.2. The van der Waals surface area contributed by atoms with E-state index in [-0.39, 0.29) is 0 Å². The Labute approximate surface area is 292 Å². The van der Waals surface area contributed by atoms with E-state index >= 15 is 0 Å². The highest BCUT2D eigenvalue weighted by atomic mass is 32.1. The lowest BCUT2D eigenvalue weighted by Crippen LogP contribution is -1.92. The van der Waals surface area contributed by atoms with Crippen molar-refractivity contribution in [1.29, 1.82) is 0 Å². The number of imidazole rings is 1. The quantitative estimate of drug-likeness (QED) is 0.174. The van der Waals surface area contributed by atoms with Crippen molar-refractivity contribution in [2.24, 2.45) is 0 Å². The first-order chi connectivity index (χ1) is 24.8. The van der Waals surface area contributed by atoms with Crippen molar-refractivity contribution in [2.75, 3.05) is 0 Å². The van der Waals surface area contributed by atoms with Crippen molar-refractivity contribution in [2.45, 2.75) is 0 Å². The Balaban J connectivity index is 1.20. The van der Waals surface area contributed by atoms with E-state index in [1.807, 2.05) is 0 Å². The molecule has 11 rings (SSSR count). The van der Waals surface area contributed by atoms with Crippen molar-refractivity contribution in [1.82, 2.24) is 9.38 Å². The zero-order chi connectivity index (χ0) is 32.8. The second kappa shape index (κ2) is 10.6. The zero-order valence-electron chi connectivity index (χ0n) is 27.0. The summed E-state index contributed by atoms with van der Waals surface area (Å²) in [5.41, 5.74) is 9.38. The molecular weight excluding hydrogens is 625 g/mol. The average Bonchev–Trinajstić information content (AvgIpc) is 3.72. The van der Waals surface area contributed by atoms with Gasteiger partial charge in [-0.1, -0.05) is 127 Å². The Bertz CT molecular complexity index is 3160. The van der Waals surface area contributed by atoms with Crippen LogP contribution in [0, 0.1) is 0 Å². The highest BCUT2D eigenvalue weighted by Crippen LogP contribution is 2.46. The summed E-state index contributed by atoms with van der Waals surface area (Å²) >= 11 is 1.80. The SMILES string of the molecule is c1ccc2cc(-c3c4ccccc4c(-c4ccc5ccccc5c4)c4cc(-c5ccn6c(c5)nc5c7ccccc7sc56)ccc34)ccc2c1. The minimum absolute atomic E-state index is 0.972. The molecule has 0 N–H and O–H groups in total. The number of hydrogen-bond donors (Lipinski definition) is 0. The largest absolute Gasteiger partial charge is 0.291 e. The summed E-state index contributed by atoms with van der Waals surface area (Å²) in [6.07, 6.45) is 2.19. The van der Waals surface area contributed by atoms with Crippen LogP contribution in [-0.2, 0) is 0 Å². The summed E-state index contributed by atoms with van der Waals surface area (Å²) in [4.78, 5) is 6.33. The Kier molecular flexibility index (Phi) is 5.86. The molecule has 8 aromatic carbocycles. The minimum Gasteiger partial charge on any atom is -0.291 e. The van der Waals surface area contributed by atoms with Gasteiger partial charge in [0.05, 0.1) is 0 Å². The van der Waals surface area contributed by atoms with Gasteiger partial charge in [-0.3, -0.25) is 4.40 Å². The van der Waals surface area contributed by atoms with Crippen LogP contribution in [0.25, 0.3) is 103 Å². The van der Waals surface area contributed by atoms with E-state index in [2.05, 4.69) is 174 Å². The van der Waals surface area contributed by atoms with Crippen LogP contribution < -0.4 is 0 Å². The molecule has 232 valence electrons. The highest BCUT2D eigenvalue weighted by molar-refractivity contribution is 7.25. The van der Waals surface area contributed by atoms with Crippen LogP contribution in [0.4, 0.5) is 0 Å². The molecule has 3 aromatic heterocycles. The maximum absolute atomic E-state index is 5.14. The number of rotatable bonds is 3. The molecule has 0 aliphatic carbocycles. The molecule has 0 saturated carbocycles. The minimum atomic E-state index is 0.972. The topological polar surface area (TPSA) is 17.3 Å². The molecule has 50 heavy (non-hydrogen) atoms. The summed E-state index contributed by atoms with van der Waals surface area (Å²) < 4.78 is 3.50. The summed E-state index contributed by atoms with van der Waals surface area (Å²) in [5.74, 6) is 0. The predicted molar refractivity (Wildman–Crippen MR) is 214 cm³/mol. The maximum Gasteiger partial charge on any atom is 0.139 e. The number of fused-ring (bicyclic) bond motifs is 9. The van der Waals surface area contributed by atoms with Crippen LogP contribution in [0.2, 0.25) is 0 Å². The molecule has 3 heteroatoms. The van der Waals surface area contributed by atoms with Gasteiger partial charge in [0.25, 0.3) is 0 Å². The lowest BCUT2D eigenvalue weighted by molar-refractivity contribution is 1.24. The van der Waals surface area contributed by atoms with Crippen LogP contribution in [0.15, 0.2) is 170 Å². The fourth-order valence-corrected chi connectivity index (χ4v) is 9.13. The van der Waals surface area contributed by atoms with Crippen LogP contribution in [-0.4, -0.2) is 9.38 Å². The monoisotopic (exact) mass is 652 g/mol. The molecule has 0 aliphatic rings. The summed E-state index contributed by atoms with van der Waals surface area (Å²) in [5, 5.41) is 11.2. The van der Waals surface area contributed by atoms with Crippen LogP contribution in [0.3, 0.4) is 0 Å². The smallest absolute Gasteiger partial charge is 0.139 e. The standard InChI is InChI=1S/C47H28N2S/c1-3-11-31-25-35(19-17-29(31)9-1)44-37-13-5-6-14-38(37)45(36-20-18-30-10-2-4-12-32(30)26-36)41-27-33(21-22-39(41)44)34-23-24-49-43(28-34)48-46-40-15-7-8-16-42(40)50-47(46)49/h1-28H. The van der Waals surface area contributed by atoms with E-state index in [1.54, 1.807) is 11.3 Å². The van der Waals surface area contributed by atoms with E-state index in [4.69, 9.17) is 4.98 Å². The molecule has 3 heterocycles. The maximum atomic E-state index is 5.14. The molecule has 11 aromatic rings. The number of aromatic nitrogens is 2. The first kappa shape index (κ1) is 27.6. The third-order valence-corrected chi connectivity index (χ3v) is 11.5. The van der Waals surface area contributed by atoms with E-state index in [1.165, 1.54) is 85.8 Å². The Hall–Kier alpha value is -6.29. The third-order valence-electron chi connectivity index (χ3n) is 10.4. The number of pyridine rings is 1. The lowest BCUT2D eigenvalue weighted by atomic mass is 9.84. The average molecular weight is 653 g/mol. The van der Waals surface area contributed by atoms with Crippen molar-refractivity contribution in [3.63, 3.8) is 0 Å². The van der Waals surface area contributed by atoms with Gasteiger partial charge < -0.3 is 0 Å². The lowest BCUT2D eigenvalue weighted by Gasteiger charge is -2.19. The van der Waals surface area contributed by atoms with Gasteiger partial charge in [-0.15, -0.1) is 11.3 Å². The normalized spacial score (nSPS) is 12.0. The predicted octanol–water partition coefficient (Wildman–Crippen LogP) is 13.3. The molecule has 0 fully saturated rings. The van der Waals surface area contributed by atoms with Crippen LogP contribution >= 0.6 is 11.3 Å². The molecule has 0 saturated heterocycles. The van der Waals surface area contributed by atoms with E-state index in [9.17, 15) is 0 Å². The number of benzene rings is 8. The number of nitrogens with zero attached hydrogens (tertiary/aromatic N) is 2. The first-order valence-corrected chi connectivity index (χ1v) is 17.9. The molecule has 0 amide bonds. The molecule has 0 radical (unpaired) electrons. The fourth-order valence-electron chi connectivity index (χ4n) is 8.00. The van der Waals surface area contributed by atoms with Crippen molar-refractivity contribution < 1.29 is 0 Å². The second-order valence-electron chi connectivity index (χ2n) is 13.2. The van der Waals surface area contributed by atoms with Gasteiger partial charge in [-0.05, 0) is 113 Å². The Morgan fingerprint density at radius 2 is 0.940 bits per heavy atom. The molecule has 0 unspecified atom stereocenters. The molecule has 0 spiro atoms. The van der Waals surface area contributed by atoms with Gasteiger partial charge in [0.1, 0.15) is 16.0 Å². The Morgan fingerprint density at radius 1 is 0.400 bits per heavy atom. The van der Waals surface area contributed by atoms with Gasteiger partial charge in [0.15, 0.2) is 0 Å². The van der Waals surface area contributed by atoms with Crippen LogP contribution in [0.1, 0.15) is 0 Å². The molecule has 0 bridgehead atoms. The van der Waals surface area contributed by atoms with Gasteiger partial charge in [-0.25, -0.2) is 4.98 Å². The summed E-state index contributed by atoms with van der Waals surface area (Å²) in [6, 6.07) is 60.1. The number of hydrogen-bond acceptors (Lipinski definition) is 2. The fraction of sp³-hybridized carbons (Fsp3) is 0. The van der Waals surface area contributed by atoms with E-state index in [0.717, 1.165) is 16.7 Å². The van der Waals surface area contributed by atoms with Crippen molar-refractivity contribution in [3.05, 3.63) is 170 Å². The zero-order valence-corrected chi connectivity index (χ0v) is 27.8. The van der Waals surface area contributed by atoms with Gasteiger partial charge in [0.2, 0.25) is 0 Å². The molecule has 0 aliphatic heterocycles. The molecule has 2 nitrogen and oxygen atoms in total.